The molecule has 0 spiro atoms. The maximum Gasteiger partial charge on any atom is 0.227 e. The largest absolute Gasteiger partial charge is 0.378 e. The van der Waals surface area contributed by atoms with E-state index in [0.717, 1.165) is 44.5 Å². The smallest absolute Gasteiger partial charge is 0.227 e. The van der Waals surface area contributed by atoms with Crippen molar-refractivity contribution < 1.29 is 9.53 Å². The van der Waals surface area contributed by atoms with Crippen molar-refractivity contribution in [2.24, 2.45) is 0 Å². The SMILES string of the molecule is CCCc1cc(NC(=O)CCOC2CCNCC2)n[nH]1. The zero-order valence-electron chi connectivity index (χ0n) is 12.1. The Bertz CT molecular complexity index is 413. The third kappa shape index (κ3) is 4.94. The van der Waals surface area contributed by atoms with Crippen molar-refractivity contribution in [3.63, 3.8) is 0 Å². The number of nitrogens with zero attached hydrogens (tertiary/aromatic N) is 1. The van der Waals surface area contributed by atoms with Gasteiger partial charge in [-0.15, -0.1) is 0 Å². The second-order valence-electron chi connectivity index (χ2n) is 5.15. The molecular weight excluding hydrogens is 256 g/mol. The Kier molecular flexibility index (Phi) is 6.01. The number of carbonyl (C=O) groups is 1. The molecule has 0 radical (unpaired) electrons. The Labute approximate surface area is 119 Å². The summed E-state index contributed by atoms with van der Waals surface area (Å²) in [4.78, 5) is 11.8. The first kappa shape index (κ1) is 15.0. The van der Waals surface area contributed by atoms with Crippen molar-refractivity contribution in [1.82, 2.24) is 15.5 Å². The normalized spacial score (nSPS) is 16.2. The summed E-state index contributed by atoms with van der Waals surface area (Å²) in [5.74, 6) is 0.550. The second-order valence-corrected chi connectivity index (χ2v) is 5.15. The summed E-state index contributed by atoms with van der Waals surface area (Å²) in [6.45, 7) is 4.59. The fourth-order valence-electron chi connectivity index (χ4n) is 2.31. The molecule has 0 bridgehead atoms. The lowest BCUT2D eigenvalue weighted by Gasteiger charge is -2.22. The van der Waals surface area contributed by atoms with E-state index in [-0.39, 0.29) is 5.91 Å². The molecule has 6 heteroatoms. The Balaban J connectivity index is 1.64. The van der Waals surface area contributed by atoms with Crippen LogP contribution in [0, 0.1) is 0 Å². The molecule has 1 aromatic heterocycles. The van der Waals surface area contributed by atoms with Crippen LogP contribution in [0.5, 0.6) is 0 Å². The number of anilines is 1. The molecule has 3 N–H and O–H groups in total. The van der Waals surface area contributed by atoms with Crippen molar-refractivity contribution in [2.45, 2.75) is 45.1 Å². The van der Waals surface area contributed by atoms with Crippen LogP contribution in [-0.4, -0.2) is 41.9 Å². The minimum atomic E-state index is -0.0477. The van der Waals surface area contributed by atoms with Gasteiger partial charge in [0.05, 0.1) is 19.1 Å². The number of aryl methyl sites for hydroxylation is 1. The van der Waals surface area contributed by atoms with Gasteiger partial charge < -0.3 is 15.4 Å². The quantitative estimate of drug-likeness (QED) is 0.706. The van der Waals surface area contributed by atoms with E-state index in [9.17, 15) is 4.79 Å². The Hall–Kier alpha value is -1.40. The summed E-state index contributed by atoms with van der Waals surface area (Å²) in [5, 5.41) is 13.1. The van der Waals surface area contributed by atoms with Crippen molar-refractivity contribution in [3.05, 3.63) is 11.8 Å². The molecule has 0 aliphatic carbocycles. The van der Waals surface area contributed by atoms with Crippen LogP contribution in [0.15, 0.2) is 6.07 Å². The summed E-state index contributed by atoms with van der Waals surface area (Å²) in [6, 6.07) is 1.88. The monoisotopic (exact) mass is 280 g/mol. The Morgan fingerprint density at radius 3 is 3.05 bits per heavy atom. The molecule has 1 aliphatic rings. The standard InChI is InChI=1S/C14H24N4O2/c1-2-3-11-10-13(18-17-11)16-14(19)6-9-20-12-4-7-15-8-5-12/h10,12,15H,2-9H2,1H3,(H2,16,17,18,19). The molecule has 1 saturated heterocycles. The fourth-order valence-corrected chi connectivity index (χ4v) is 2.31. The number of amides is 1. The first-order chi connectivity index (χ1) is 9.78. The van der Waals surface area contributed by atoms with E-state index in [2.05, 4.69) is 27.8 Å². The lowest BCUT2D eigenvalue weighted by Crippen LogP contribution is -2.33. The number of ether oxygens (including phenoxy) is 1. The van der Waals surface area contributed by atoms with Gasteiger partial charge in [0, 0.05) is 11.8 Å². The zero-order valence-corrected chi connectivity index (χ0v) is 12.1. The molecule has 0 unspecified atom stereocenters. The highest BCUT2D eigenvalue weighted by molar-refractivity contribution is 5.89. The molecule has 112 valence electrons. The Morgan fingerprint density at radius 2 is 2.30 bits per heavy atom. The summed E-state index contributed by atoms with van der Waals surface area (Å²) < 4.78 is 5.71. The van der Waals surface area contributed by atoms with Gasteiger partial charge >= 0.3 is 0 Å². The van der Waals surface area contributed by atoms with Crippen LogP contribution >= 0.6 is 0 Å². The van der Waals surface area contributed by atoms with Crippen molar-refractivity contribution in [3.8, 4) is 0 Å². The highest BCUT2D eigenvalue weighted by Gasteiger charge is 2.14. The lowest BCUT2D eigenvalue weighted by molar-refractivity contribution is -0.117. The number of aromatic amines is 1. The predicted octanol–water partition coefficient (Wildman–Crippen LogP) is 1.46. The van der Waals surface area contributed by atoms with Crippen LogP contribution < -0.4 is 10.6 Å². The van der Waals surface area contributed by atoms with Crippen molar-refractivity contribution in [1.29, 1.82) is 0 Å². The average Bonchev–Trinajstić information content (AvgIpc) is 2.88. The third-order valence-electron chi connectivity index (χ3n) is 3.39. The number of rotatable bonds is 7. The number of hydrogen-bond donors (Lipinski definition) is 3. The van der Waals surface area contributed by atoms with E-state index in [0.29, 0.717) is 24.9 Å². The summed E-state index contributed by atoms with van der Waals surface area (Å²) in [6.07, 6.45) is 4.73. The molecule has 2 rings (SSSR count). The minimum Gasteiger partial charge on any atom is -0.378 e. The predicted molar refractivity (Wildman–Crippen MR) is 77.7 cm³/mol. The third-order valence-corrected chi connectivity index (χ3v) is 3.39. The van der Waals surface area contributed by atoms with E-state index < -0.39 is 0 Å². The molecule has 1 amide bonds. The summed E-state index contributed by atoms with van der Waals surface area (Å²) in [5.41, 5.74) is 1.05. The Morgan fingerprint density at radius 1 is 1.50 bits per heavy atom. The first-order valence-electron chi connectivity index (χ1n) is 7.44. The molecule has 1 aliphatic heterocycles. The maximum absolute atomic E-state index is 11.8. The average molecular weight is 280 g/mol. The van der Waals surface area contributed by atoms with Gasteiger partial charge in [0.2, 0.25) is 5.91 Å². The number of piperidine rings is 1. The van der Waals surface area contributed by atoms with Crippen molar-refractivity contribution in [2.75, 3.05) is 25.0 Å². The molecule has 1 fully saturated rings. The molecule has 6 nitrogen and oxygen atoms in total. The number of H-pyrrole nitrogens is 1. The van der Waals surface area contributed by atoms with Crippen LogP contribution in [0.4, 0.5) is 5.82 Å². The highest BCUT2D eigenvalue weighted by atomic mass is 16.5. The van der Waals surface area contributed by atoms with E-state index in [1.807, 2.05) is 6.07 Å². The van der Waals surface area contributed by atoms with Gasteiger partial charge in [-0.1, -0.05) is 13.3 Å². The molecular formula is C14H24N4O2. The summed E-state index contributed by atoms with van der Waals surface area (Å²) >= 11 is 0. The van der Waals surface area contributed by atoms with Gasteiger partial charge in [0.1, 0.15) is 0 Å². The maximum atomic E-state index is 11.8. The van der Waals surface area contributed by atoms with Gasteiger partial charge in [-0.2, -0.15) is 5.10 Å². The number of nitrogens with one attached hydrogen (secondary N) is 3. The van der Waals surface area contributed by atoms with Crippen LogP contribution in [0.1, 0.15) is 38.3 Å². The van der Waals surface area contributed by atoms with Crippen molar-refractivity contribution >= 4 is 11.7 Å². The van der Waals surface area contributed by atoms with E-state index in [1.54, 1.807) is 0 Å². The topological polar surface area (TPSA) is 79.0 Å². The van der Waals surface area contributed by atoms with E-state index in [4.69, 9.17) is 4.74 Å². The minimum absolute atomic E-state index is 0.0477. The summed E-state index contributed by atoms with van der Waals surface area (Å²) in [7, 11) is 0. The lowest BCUT2D eigenvalue weighted by atomic mass is 10.1. The second kappa shape index (κ2) is 8.01. The van der Waals surface area contributed by atoms with Gasteiger partial charge in [-0.05, 0) is 32.4 Å². The molecule has 0 saturated carbocycles. The molecule has 20 heavy (non-hydrogen) atoms. The zero-order chi connectivity index (χ0) is 14.2. The molecule has 1 aromatic rings. The van der Waals surface area contributed by atoms with Gasteiger partial charge in [0.25, 0.3) is 0 Å². The van der Waals surface area contributed by atoms with Crippen LogP contribution in [0.2, 0.25) is 0 Å². The van der Waals surface area contributed by atoms with Crippen LogP contribution in [-0.2, 0) is 16.0 Å². The van der Waals surface area contributed by atoms with E-state index in [1.165, 1.54) is 0 Å². The van der Waals surface area contributed by atoms with Crippen LogP contribution in [0.3, 0.4) is 0 Å². The number of hydrogen-bond acceptors (Lipinski definition) is 4. The number of aromatic nitrogens is 2. The van der Waals surface area contributed by atoms with Gasteiger partial charge in [0.15, 0.2) is 5.82 Å². The van der Waals surface area contributed by atoms with Gasteiger partial charge in [-0.3, -0.25) is 9.89 Å². The molecule has 2 heterocycles. The highest BCUT2D eigenvalue weighted by Crippen LogP contribution is 2.09. The fraction of sp³-hybridized carbons (Fsp3) is 0.714. The molecule has 0 aromatic carbocycles. The first-order valence-corrected chi connectivity index (χ1v) is 7.44. The van der Waals surface area contributed by atoms with Crippen LogP contribution in [0.25, 0.3) is 0 Å². The molecule has 0 atom stereocenters. The van der Waals surface area contributed by atoms with E-state index >= 15 is 0 Å². The number of carbonyl (C=O) groups excluding carboxylic acids is 1. The van der Waals surface area contributed by atoms with Gasteiger partial charge in [-0.25, -0.2) is 0 Å².